The third-order valence-electron chi connectivity index (χ3n) is 5.97. The monoisotopic (exact) mass is 394 g/mol. The summed E-state index contributed by atoms with van der Waals surface area (Å²) in [6, 6.07) is 0. The molecule has 3 rings (SSSR count). The van der Waals surface area contributed by atoms with E-state index in [2.05, 4.69) is 9.97 Å². The predicted molar refractivity (Wildman–Crippen MR) is 105 cm³/mol. The Morgan fingerprint density at radius 1 is 1.41 bits per heavy atom. The van der Waals surface area contributed by atoms with Crippen molar-refractivity contribution in [3.05, 3.63) is 18.2 Å². The molecule has 7 nitrogen and oxygen atoms in total. The van der Waals surface area contributed by atoms with Gasteiger partial charge in [-0.2, -0.15) is 11.8 Å². The molecule has 0 bridgehead atoms. The average Bonchev–Trinajstić information content (AvgIpc) is 3.21. The number of aliphatic hydroxyl groups excluding tert-OH is 1. The van der Waals surface area contributed by atoms with Gasteiger partial charge < -0.3 is 19.9 Å². The number of amides is 2. The lowest BCUT2D eigenvalue weighted by molar-refractivity contribution is -0.146. The fourth-order valence-corrected chi connectivity index (χ4v) is 4.62. The topological polar surface area (TPSA) is 89.5 Å². The number of likely N-dealkylation sites (tertiary alicyclic amines) is 2. The summed E-state index contributed by atoms with van der Waals surface area (Å²) in [5.41, 5.74) is 1.16. The van der Waals surface area contributed by atoms with Crippen molar-refractivity contribution in [3.8, 4) is 0 Å². The van der Waals surface area contributed by atoms with Gasteiger partial charge in [0.25, 0.3) is 5.91 Å². The molecule has 1 atom stereocenters. The number of aromatic amines is 1. The lowest BCUT2D eigenvalue weighted by Gasteiger charge is -2.47. The van der Waals surface area contributed by atoms with Crippen molar-refractivity contribution in [3.63, 3.8) is 0 Å². The number of carbonyl (C=O) groups excluding carboxylic acids is 2. The normalized spacial score (nSPS) is 20.9. The van der Waals surface area contributed by atoms with Gasteiger partial charge in [0, 0.05) is 50.9 Å². The molecule has 0 unspecified atom stereocenters. The van der Waals surface area contributed by atoms with Crippen LogP contribution in [0.1, 0.15) is 37.8 Å². The van der Waals surface area contributed by atoms with Crippen LogP contribution in [0, 0.1) is 5.41 Å². The van der Waals surface area contributed by atoms with Gasteiger partial charge >= 0.3 is 0 Å². The van der Waals surface area contributed by atoms with Crippen molar-refractivity contribution in [2.45, 2.75) is 44.6 Å². The third-order valence-corrected chi connectivity index (χ3v) is 6.61. The summed E-state index contributed by atoms with van der Waals surface area (Å²) in [5, 5.41) is 10.1. The Morgan fingerprint density at radius 2 is 2.19 bits per heavy atom. The Hall–Kier alpha value is -1.54. The molecule has 2 saturated heterocycles. The molecule has 150 valence electrons. The van der Waals surface area contributed by atoms with Crippen LogP contribution >= 0.6 is 11.8 Å². The smallest absolute Gasteiger partial charge is 0.251 e. The molecule has 8 heteroatoms. The number of thioether (sulfide) groups is 1. The van der Waals surface area contributed by atoms with E-state index in [-0.39, 0.29) is 17.2 Å². The van der Waals surface area contributed by atoms with Crippen LogP contribution in [0.2, 0.25) is 0 Å². The van der Waals surface area contributed by atoms with Gasteiger partial charge in [0.15, 0.2) is 0 Å². The number of carbonyl (C=O) groups is 2. The van der Waals surface area contributed by atoms with E-state index >= 15 is 0 Å². The van der Waals surface area contributed by atoms with E-state index in [0.717, 1.165) is 43.7 Å². The molecule has 2 N–H and O–H groups in total. The second-order valence-corrected chi connectivity index (χ2v) is 8.75. The maximum absolute atomic E-state index is 12.4. The van der Waals surface area contributed by atoms with Crippen LogP contribution in [0.3, 0.4) is 0 Å². The first kappa shape index (κ1) is 20.2. The SMILES string of the molecule is CSCC[C@H](O)C(=O)N1CCC2(CCC(=O)N(CCc3cnc[nH]3)C2)CC1. The summed E-state index contributed by atoms with van der Waals surface area (Å²) in [4.78, 5) is 35.7. The molecule has 1 aromatic rings. The van der Waals surface area contributed by atoms with Crippen LogP contribution in [0.4, 0.5) is 0 Å². The zero-order valence-corrected chi connectivity index (χ0v) is 16.8. The maximum atomic E-state index is 12.4. The van der Waals surface area contributed by atoms with E-state index in [1.807, 2.05) is 16.1 Å². The molecule has 0 radical (unpaired) electrons. The Bertz CT molecular complexity index is 629. The number of hydrogen-bond donors (Lipinski definition) is 2. The number of aliphatic hydroxyl groups is 1. The number of H-pyrrole nitrogens is 1. The highest BCUT2D eigenvalue weighted by Crippen LogP contribution is 2.40. The van der Waals surface area contributed by atoms with E-state index in [9.17, 15) is 14.7 Å². The highest BCUT2D eigenvalue weighted by atomic mass is 32.2. The van der Waals surface area contributed by atoms with Crippen molar-refractivity contribution in [1.29, 1.82) is 0 Å². The molecule has 1 spiro atoms. The molecule has 0 aliphatic carbocycles. The van der Waals surface area contributed by atoms with Gasteiger partial charge in [-0.25, -0.2) is 4.98 Å². The molecule has 0 saturated carbocycles. The highest BCUT2D eigenvalue weighted by Gasteiger charge is 2.42. The fourth-order valence-electron chi connectivity index (χ4n) is 4.16. The first-order valence-corrected chi connectivity index (χ1v) is 11.1. The molecule has 2 fully saturated rings. The van der Waals surface area contributed by atoms with Crippen LogP contribution in [0.15, 0.2) is 12.5 Å². The van der Waals surface area contributed by atoms with Gasteiger partial charge in [-0.1, -0.05) is 0 Å². The van der Waals surface area contributed by atoms with E-state index in [0.29, 0.717) is 32.5 Å². The molecule has 3 heterocycles. The summed E-state index contributed by atoms with van der Waals surface area (Å²) in [6.07, 6.45) is 9.16. The molecule has 1 aromatic heterocycles. The van der Waals surface area contributed by atoms with Gasteiger partial charge in [0.2, 0.25) is 5.91 Å². The highest BCUT2D eigenvalue weighted by molar-refractivity contribution is 7.98. The predicted octanol–water partition coefficient (Wildman–Crippen LogP) is 1.30. The van der Waals surface area contributed by atoms with E-state index < -0.39 is 6.10 Å². The number of imidazole rings is 1. The minimum Gasteiger partial charge on any atom is -0.383 e. The fraction of sp³-hybridized carbons (Fsp3) is 0.737. The Morgan fingerprint density at radius 3 is 2.85 bits per heavy atom. The van der Waals surface area contributed by atoms with Crippen LogP contribution in [0.5, 0.6) is 0 Å². The lowest BCUT2D eigenvalue weighted by atomic mass is 9.72. The molecule has 2 aliphatic rings. The van der Waals surface area contributed by atoms with Crippen LogP contribution in [0.25, 0.3) is 0 Å². The second kappa shape index (κ2) is 9.10. The quantitative estimate of drug-likeness (QED) is 0.728. The molecular weight excluding hydrogens is 364 g/mol. The van der Waals surface area contributed by atoms with Gasteiger partial charge in [-0.3, -0.25) is 9.59 Å². The zero-order valence-electron chi connectivity index (χ0n) is 16.0. The van der Waals surface area contributed by atoms with Gasteiger partial charge in [-0.05, 0) is 43.1 Å². The van der Waals surface area contributed by atoms with Crippen LogP contribution in [-0.2, 0) is 16.0 Å². The van der Waals surface area contributed by atoms with Crippen molar-refractivity contribution < 1.29 is 14.7 Å². The molecular formula is C19H30N4O3S. The van der Waals surface area contributed by atoms with Gasteiger partial charge in [0.05, 0.1) is 6.33 Å². The van der Waals surface area contributed by atoms with Crippen molar-refractivity contribution in [2.24, 2.45) is 5.41 Å². The summed E-state index contributed by atoms with van der Waals surface area (Å²) in [7, 11) is 0. The first-order valence-electron chi connectivity index (χ1n) is 9.74. The largest absolute Gasteiger partial charge is 0.383 e. The number of piperidine rings is 2. The summed E-state index contributed by atoms with van der Waals surface area (Å²) < 4.78 is 0. The summed E-state index contributed by atoms with van der Waals surface area (Å²) >= 11 is 1.64. The number of nitrogens with one attached hydrogen (secondary N) is 1. The first-order chi connectivity index (χ1) is 13.0. The summed E-state index contributed by atoms with van der Waals surface area (Å²) in [5.74, 6) is 0.881. The van der Waals surface area contributed by atoms with Gasteiger partial charge in [0.1, 0.15) is 6.10 Å². The van der Waals surface area contributed by atoms with Crippen LogP contribution in [-0.4, -0.2) is 81.0 Å². The van der Waals surface area contributed by atoms with Gasteiger partial charge in [-0.15, -0.1) is 0 Å². The number of hydrogen-bond acceptors (Lipinski definition) is 5. The average molecular weight is 395 g/mol. The molecule has 27 heavy (non-hydrogen) atoms. The second-order valence-electron chi connectivity index (χ2n) is 7.76. The standard InChI is InChI=1S/C19H30N4O3S/c1-27-11-4-16(24)18(26)22-9-6-19(7-10-22)5-2-17(25)23(13-19)8-3-15-12-20-14-21-15/h12,14,16,24H,2-11,13H2,1H3,(H,20,21)/t16-/m0/s1. The Kier molecular flexibility index (Phi) is 6.81. The Labute approximate surface area is 164 Å². The van der Waals surface area contributed by atoms with Crippen LogP contribution < -0.4 is 0 Å². The number of aromatic nitrogens is 2. The van der Waals surface area contributed by atoms with Crippen molar-refractivity contribution >= 4 is 23.6 Å². The minimum atomic E-state index is -0.884. The van der Waals surface area contributed by atoms with E-state index in [4.69, 9.17) is 0 Å². The minimum absolute atomic E-state index is 0.114. The number of nitrogens with zero attached hydrogens (tertiary/aromatic N) is 3. The Balaban J connectivity index is 1.52. The van der Waals surface area contributed by atoms with Crippen molar-refractivity contribution in [2.75, 3.05) is 38.2 Å². The van der Waals surface area contributed by atoms with E-state index in [1.54, 1.807) is 24.3 Å². The van der Waals surface area contributed by atoms with E-state index in [1.165, 1.54) is 0 Å². The van der Waals surface area contributed by atoms with Crippen molar-refractivity contribution in [1.82, 2.24) is 19.8 Å². The number of rotatable bonds is 7. The maximum Gasteiger partial charge on any atom is 0.251 e. The molecule has 2 aliphatic heterocycles. The molecule has 0 aromatic carbocycles. The zero-order chi connectivity index (χ0) is 19.3. The lowest BCUT2D eigenvalue weighted by Crippen LogP contribution is -2.53. The molecule has 2 amide bonds. The third kappa shape index (κ3) is 5.04. The summed E-state index contributed by atoms with van der Waals surface area (Å²) in [6.45, 7) is 2.84.